The molecule has 17 heavy (non-hydrogen) atoms. The van der Waals surface area contributed by atoms with Gasteiger partial charge in [-0.3, -0.25) is 9.36 Å². The summed E-state index contributed by atoms with van der Waals surface area (Å²) >= 11 is 5.89. The van der Waals surface area contributed by atoms with Crippen LogP contribution in [0.2, 0.25) is 5.02 Å². The van der Waals surface area contributed by atoms with Crippen LogP contribution in [0, 0.1) is 0 Å². The molecule has 2 rings (SSSR count). The van der Waals surface area contributed by atoms with E-state index in [1.54, 1.807) is 24.3 Å². The summed E-state index contributed by atoms with van der Waals surface area (Å²) in [6.45, 7) is 0. The maximum atomic E-state index is 12.0. The minimum absolute atomic E-state index is 0.0606. The summed E-state index contributed by atoms with van der Waals surface area (Å²) in [7, 11) is 0. The Labute approximate surface area is 102 Å². The number of hydrogen-bond donors (Lipinski definition) is 1. The molecule has 0 spiro atoms. The highest BCUT2D eigenvalue weighted by Crippen LogP contribution is 2.16. The van der Waals surface area contributed by atoms with Gasteiger partial charge in [0.15, 0.2) is 0 Å². The second-order valence-electron chi connectivity index (χ2n) is 3.40. The van der Waals surface area contributed by atoms with Gasteiger partial charge in [-0.2, -0.15) is 0 Å². The SMILES string of the molecule is O=C(O)c1ccn(C(=O)c2ccccc2Cl)c1. The number of nitrogens with zero attached hydrogens (tertiary/aromatic N) is 1. The largest absolute Gasteiger partial charge is 0.478 e. The van der Waals surface area contributed by atoms with Crippen molar-refractivity contribution >= 4 is 23.5 Å². The van der Waals surface area contributed by atoms with Crippen LogP contribution in [0.4, 0.5) is 0 Å². The maximum absolute atomic E-state index is 12.0. The Morgan fingerprint density at radius 1 is 1.18 bits per heavy atom. The zero-order valence-electron chi connectivity index (χ0n) is 8.63. The van der Waals surface area contributed by atoms with Gasteiger partial charge in [0.1, 0.15) is 0 Å². The lowest BCUT2D eigenvalue weighted by atomic mass is 10.2. The first-order valence-electron chi connectivity index (χ1n) is 4.80. The fourth-order valence-corrected chi connectivity index (χ4v) is 1.64. The van der Waals surface area contributed by atoms with Gasteiger partial charge in [0, 0.05) is 12.4 Å². The number of carboxylic acid groups (broad SMARTS) is 1. The Kier molecular flexibility index (Phi) is 2.97. The molecule has 4 nitrogen and oxygen atoms in total. The molecule has 0 radical (unpaired) electrons. The fourth-order valence-electron chi connectivity index (χ4n) is 1.42. The van der Waals surface area contributed by atoms with Crippen LogP contribution in [0.3, 0.4) is 0 Å². The normalized spacial score (nSPS) is 10.2. The van der Waals surface area contributed by atoms with Crippen LogP contribution in [-0.2, 0) is 0 Å². The summed E-state index contributed by atoms with van der Waals surface area (Å²) < 4.78 is 1.20. The standard InChI is InChI=1S/C12H8ClNO3/c13-10-4-2-1-3-9(10)11(15)14-6-5-8(7-14)12(16)17/h1-7H,(H,16,17). The zero-order valence-corrected chi connectivity index (χ0v) is 9.39. The first kappa shape index (κ1) is 11.4. The third-order valence-electron chi connectivity index (χ3n) is 2.28. The van der Waals surface area contributed by atoms with Crippen LogP contribution < -0.4 is 0 Å². The number of halogens is 1. The molecule has 0 saturated carbocycles. The van der Waals surface area contributed by atoms with Crippen LogP contribution >= 0.6 is 11.6 Å². The van der Waals surface area contributed by atoms with Crippen molar-refractivity contribution in [2.75, 3.05) is 0 Å². The Morgan fingerprint density at radius 3 is 2.47 bits per heavy atom. The lowest BCUT2D eigenvalue weighted by molar-refractivity contribution is 0.0697. The highest BCUT2D eigenvalue weighted by atomic mass is 35.5. The van der Waals surface area contributed by atoms with Crippen molar-refractivity contribution in [2.24, 2.45) is 0 Å². The summed E-state index contributed by atoms with van der Waals surface area (Å²) in [5.41, 5.74) is 0.395. The summed E-state index contributed by atoms with van der Waals surface area (Å²) in [5.74, 6) is -1.43. The third kappa shape index (κ3) is 2.21. The monoisotopic (exact) mass is 249 g/mol. The van der Waals surface area contributed by atoms with Gasteiger partial charge in [-0.1, -0.05) is 23.7 Å². The van der Waals surface area contributed by atoms with Crippen LogP contribution in [0.1, 0.15) is 20.7 Å². The number of carboxylic acids is 1. The second kappa shape index (κ2) is 4.43. The molecule has 86 valence electrons. The highest BCUT2D eigenvalue weighted by molar-refractivity contribution is 6.33. The molecule has 1 aromatic heterocycles. The topological polar surface area (TPSA) is 59.3 Å². The van der Waals surface area contributed by atoms with Crippen LogP contribution in [0.5, 0.6) is 0 Å². The average Bonchev–Trinajstić information content (AvgIpc) is 2.78. The van der Waals surface area contributed by atoms with E-state index in [1.165, 1.54) is 23.0 Å². The molecule has 2 aromatic rings. The van der Waals surface area contributed by atoms with E-state index >= 15 is 0 Å². The molecule has 0 aliphatic carbocycles. The maximum Gasteiger partial charge on any atom is 0.337 e. The number of benzene rings is 1. The molecule has 0 aliphatic rings. The predicted molar refractivity (Wildman–Crippen MR) is 62.6 cm³/mol. The van der Waals surface area contributed by atoms with Gasteiger partial charge in [-0.05, 0) is 18.2 Å². The number of rotatable bonds is 2. The van der Waals surface area contributed by atoms with Gasteiger partial charge in [0.05, 0.1) is 16.1 Å². The van der Waals surface area contributed by atoms with Crippen molar-refractivity contribution in [3.8, 4) is 0 Å². The molecule has 1 N–H and O–H groups in total. The van der Waals surface area contributed by atoms with Gasteiger partial charge < -0.3 is 5.11 Å². The zero-order chi connectivity index (χ0) is 12.4. The summed E-state index contributed by atoms with van der Waals surface area (Å²) in [5, 5.41) is 9.09. The molecule has 0 bridgehead atoms. The van der Waals surface area contributed by atoms with E-state index in [4.69, 9.17) is 16.7 Å². The number of hydrogen-bond acceptors (Lipinski definition) is 2. The first-order chi connectivity index (χ1) is 8.09. The average molecular weight is 250 g/mol. The van der Waals surface area contributed by atoms with E-state index in [2.05, 4.69) is 0 Å². The van der Waals surface area contributed by atoms with Gasteiger partial charge in [-0.25, -0.2) is 4.79 Å². The van der Waals surface area contributed by atoms with Crippen molar-refractivity contribution in [1.29, 1.82) is 0 Å². The van der Waals surface area contributed by atoms with Crippen LogP contribution in [0.15, 0.2) is 42.7 Å². The van der Waals surface area contributed by atoms with Crippen molar-refractivity contribution in [2.45, 2.75) is 0 Å². The van der Waals surface area contributed by atoms with E-state index in [0.717, 1.165) is 0 Å². The highest BCUT2D eigenvalue weighted by Gasteiger charge is 2.13. The van der Waals surface area contributed by atoms with Gasteiger partial charge in [0.2, 0.25) is 0 Å². The molecule has 0 unspecified atom stereocenters. The lowest BCUT2D eigenvalue weighted by Crippen LogP contribution is -2.10. The quantitative estimate of drug-likeness (QED) is 0.890. The van der Waals surface area contributed by atoms with E-state index < -0.39 is 5.97 Å². The fraction of sp³-hybridized carbons (Fsp3) is 0. The Hall–Kier alpha value is -2.07. The second-order valence-corrected chi connectivity index (χ2v) is 3.80. The molecular formula is C12H8ClNO3. The summed E-state index contributed by atoms with van der Waals surface area (Å²) in [6.07, 6.45) is 2.66. The number of carbonyl (C=O) groups excluding carboxylic acids is 1. The smallest absolute Gasteiger partial charge is 0.337 e. The van der Waals surface area contributed by atoms with E-state index in [-0.39, 0.29) is 11.5 Å². The Bertz CT molecular complexity index is 589. The molecule has 1 heterocycles. The molecule has 0 saturated heterocycles. The number of aromatic carboxylic acids is 1. The lowest BCUT2D eigenvalue weighted by Gasteiger charge is -2.03. The molecule has 1 aromatic carbocycles. The molecule has 0 aliphatic heterocycles. The molecule has 0 amide bonds. The van der Waals surface area contributed by atoms with Crippen molar-refractivity contribution in [1.82, 2.24) is 4.57 Å². The molecular weight excluding hydrogens is 242 g/mol. The van der Waals surface area contributed by atoms with Gasteiger partial charge in [0.25, 0.3) is 5.91 Å². The minimum Gasteiger partial charge on any atom is -0.478 e. The van der Waals surface area contributed by atoms with Crippen molar-refractivity contribution in [3.63, 3.8) is 0 Å². The van der Waals surface area contributed by atoms with Crippen LogP contribution in [-0.4, -0.2) is 21.6 Å². The van der Waals surface area contributed by atoms with Crippen molar-refractivity contribution in [3.05, 3.63) is 58.9 Å². The Balaban J connectivity index is 2.37. The van der Waals surface area contributed by atoms with Crippen molar-refractivity contribution < 1.29 is 14.7 Å². The summed E-state index contributed by atoms with van der Waals surface area (Å²) in [4.78, 5) is 22.7. The van der Waals surface area contributed by atoms with E-state index in [0.29, 0.717) is 10.6 Å². The first-order valence-corrected chi connectivity index (χ1v) is 5.18. The van der Waals surface area contributed by atoms with Crippen LogP contribution in [0.25, 0.3) is 0 Å². The van der Waals surface area contributed by atoms with Gasteiger partial charge >= 0.3 is 5.97 Å². The number of carbonyl (C=O) groups is 2. The number of aromatic nitrogens is 1. The predicted octanol–water partition coefficient (Wildman–Crippen LogP) is 2.53. The molecule has 5 heteroatoms. The van der Waals surface area contributed by atoms with E-state index in [1.807, 2.05) is 0 Å². The molecule has 0 atom stereocenters. The van der Waals surface area contributed by atoms with E-state index in [9.17, 15) is 9.59 Å². The molecule has 0 fully saturated rings. The third-order valence-corrected chi connectivity index (χ3v) is 2.61. The minimum atomic E-state index is -1.07. The Morgan fingerprint density at radius 2 is 1.88 bits per heavy atom. The summed E-state index contributed by atoms with van der Waals surface area (Å²) in [6, 6.07) is 7.97. The van der Waals surface area contributed by atoms with Gasteiger partial charge in [-0.15, -0.1) is 0 Å².